The highest BCUT2D eigenvalue weighted by atomic mass is 15.3. The van der Waals surface area contributed by atoms with Crippen LogP contribution in [-0.2, 0) is 6.42 Å². The summed E-state index contributed by atoms with van der Waals surface area (Å²) in [4.78, 5) is 2.85. The molecule has 0 radical (unpaired) electrons. The van der Waals surface area contributed by atoms with E-state index < -0.39 is 0 Å². The van der Waals surface area contributed by atoms with E-state index >= 15 is 0 Å². The second kappa shape index (κ2) is 7.42. The van der Waals surface area contributed by atoms with E-state index in [-0.39, 0.29) is 0 Å². The maximum atomic E-state index is 3.70. The largest absolute Gasteiger partial charge is 0.311 e. The molecule has 2 atom stereocenters. The molecule has 2 aliphatic rings. The minimum absolute atomic E-state index is 0.639. The van der Waals surface area contributed by atoms with E-state index in [1.54, 1.807) is 0 Å². The van der Waals surface area contributed by atoms with E-state index in [0.717, 1.165) is 12.6 Å². The van der Waals surface area contributed by atoms with Gasteiger partial charge in [-0.05, 0) is 31.7 Å². The molecule has 1 heterocycles. The van der Waals surface area contributed by atoms with E-state index in [9.17, 15) is 0 Å². The molecule has 2 heteroatoms. The molecule has 1 aliphatic carbocycles. The van der Waals surface area contributed by atoms with Gasteiger partial charge < -0.3 is 5.32 Å². The fourth-order valence-electron chi connectivity index (χ4n) is 4.10. The van der Waals surface area contributed by atoms with Crippen LogP contribution in [0.5, 0.6) is 0 Å². The lowest BCUT2D eigenvalue weighted by molar-refractivity contribution is 0.0766. The molecule has 0 spiro atoms. The van der Waals surface area contributed by atoms with Crippen LogP contribution in [0.4, 0.5) is 0 Å². The molecule has 1 aromatic carbocycles. The summed E-state index contributed by atoms with van der Waals surface area (Å²) in [7, 11) is 0. The molecule has 2 fully saturated rings. The quantitative estimate of drug-likeness (QED) is 0.854. The minimum atomic E-state index is 0.639. The molecular weight excluding hydrogens is 256 g/mol. The van der Waals surface area contributed by atoms with Gasteiger partial charge in [0.1, 0.15) is 0 Å². The van der Waals surface area contributed by atoms with Gasteiger partial charge in [0.15, 0.2) is 0 Å². The molecular formula is C19H30N2. The predicted molar refractivity (Wildman–Crippen MR) is 89.6 cm³/mol. The van der Waals surface area contributed by atoms with Gasteiger partial charge in [0, 0.05) is 31.2 Å². The normalized spacial score (nSPS) is 29.2. The predicted octanol–water partition coefficient (Wildman–Crippen LogP) is 3.61. The van der Waals surface area contributed by atoms with Crippen LogP contribution in [0.2, 0.25) is 0 Å². The third-order valence-corrected chi connectivity index (χ3v) is 5.26. The van der Waals surface area contributed by atoms with E-state index in [0.29, 0.717) is 12.1 Å². The summed E-state index contributed by atoms with van der Waals surface area (Å²) in [5.74, 6) is 0. The maximum Gasteiger partial charge on any atom is 0.0264 e. The van der Waals surface area contributed by atoms with Crippen LogP contribution >= 0.6 is 0 Å². The summed E-state index contributed by atoms with van der Waals surface area (Å²) in [5.41, 5.74) is 1.48. The lowest BCUT2D eigenvalue weighted by Gasteiger charge is -2.44. The molecule has 0 bridgehead atoms. The first-order valence-corrected chi connectivity index (χ1v) is 8.86. The fraction of sp³-hybridized carbons (Fsp3) is 0.684. The van der Waals surface area contributed by atoms with Crippen molar-refractivity contribution >= 4 is 0 Å². The molecule has 2 nitrogen and oxygen atoms in total. The molecule has 1 N–H and O–H groups in total. The standard InChI is InChI=1S/C19H30N2/c1-16-15-21(18-11-7-2-3-8-12-18)19(14-20-16)13-17-9-5-4-6-10-17/h4-6,9-10,16,18-20H,2-3,7-8,11-15H2,1H3. The lowest BCUT2D eigenvalue weighted by Crippen LogP contribution is -2.59. The van der Waals surface area contributed by atoms with Gasteiger partial charge in [0.25, 0.3) is 0 Å². The minimum Gasteiger partial charge on any atom is -0.311 e. The zero-order valence-electron chi connectivity index (χ0n) is 13.4. The summed E-state index contributed by atoms with van der Waals surface area (Å²) in [6.07, 6.45) is 9.78. The zero-order chi connectivity index (χ0) is 14.5. The van der Waals surface area contributed by atoms with Gasteiger partial charge in [-0.2, -0.15) is 0 Å². The van der Waals surface area contributed by atoms with E-state index in [4.69, 9.17) is 0 Å². The highest BCUT2D eigenvalue weighted by Crippen LogP contribution is 2.26. The van der Waals surface area contributed by atoms with Gasteiger partial charge in [-0.1, -0.05) is 56.0 Å². The summed E-state index contributed by atoms with van der Waals surface area (Å²) in [6.45, 7) is 4.71. The third kappa shape index (κ3) is 4.08. The number of hydrogen-bond acceptors (Lipinski definition) is 2. The Labute approximate surface area is 129 Å². The number of benzene rings is 1. The van der Waals surface area contributed by atoms with Crippen molar-refractivity contribution in [3.8, 4) is 0 Å². The van der Waals surface area contributed by atoms with Gasteiger partial charge in [-0.25, -0.2) is 0 Å². The molecule has 0 amide bonds. The first-order valence-electron chi connectivity index (χ1n) is 8.86. The van der Waals surface area contributed by atoms with E-state index in [1.165, 1.54) is 57.1 Å². The Morgan fingerprint density at radius 2 is 1.76 bits per heavy atom. The SMILES string of the molecule is CC1CN(C2CCCCCC2)C(Cc2ccccc2)CN1. The highest BCUT2D eigenvalue weighted by Gasteiger charge is 2.31. The molecule has 116 valence electrons. The second-order valence-corrected chi connectivity index (χ2v) is 7.00. The average molecular weight is 286 g/mol. The summed E-state index contributed by atoms with van der Waals surface area (Å²) >= 11 is 0. The van der Waals surface area contributed by atoms with Crippen molar-refractivity contribution in [2.45, 2.75) is 70.0 Å². The van der Waals surface area contributed by atoms with Gasteiger partial charge >= 0.3 is 0 Å². The van der Waals surface area contributed by atoms with Gasteiger partial charge in [-0.15, -0.1) is 0 Å². The monoisotopic (exact) mass is 286 g/mol. The fourth-order valence-corrected chi connectivity index (χ4v) is 4.10. The van der Waals surface area contributed by atoms with Crippen molar-refractivity contribution in [3.63, 3.8) is 0 Å². The number of nitrogens with one attached hydrogen (secondary N) is 1. The van der Waals surface area contributed by atoms with Crippen LogP contribution in [-0.4, -0.2) is 36.1 Å². The van der Waals surface area contributed by atoms with Crippen LogP contribution in [0, 0.1) is 0 Å². The van der Waals surface area contributed by atoms with Gasteiger partial charge in [0.05, 0.1) is 0 Å². The third-order valence-electron chi connectivity index (χ3n) is 5.26. The van der Waals surface area contributed by atoms with Crippen LogP contribution in [0.15, 0.2) is 30.3 Å². The van der Waals surface area contributed by atoms with Crippen molar-refractivity contribution < 1.29 is 0 Å². The Balaban J connectivity index is 1.69. The lowest BCUT2D eigenvalue weighted by atomic mass is 9.96. The van der Waals surface area contributed by atoms with Gasteiger partial charge in [-0.3, -0.25) is 4.90 Å². The van der Waals surface area contributed by atoms with Crippen LogP contribution in [0.25, 0.3) is 0 Å². The van der Waals surface area contributed by atoms with Crippen molar-refractivity contribution in [3.05, 3.63) is 35.9 Å². The van der Waals surface area contributed by atoms with Crippen LogP contribution in [0.1, 0.15) is 51.0 Å². The first kappa shape index (κ1) is 15.1. The van der Waals surface area contributed by atoms with Crippen molar-refractivity contribution in [1.82, 2.24) is 10.2 Å². The Hall–Kier alpha value is -0.860. The summed E-state index contributed by atoms with van der Waals surface area (Å²) in [6, 6.07) is 13.2. The Bertz CT molecular complexity index is 409. The average Bonchev–Trinajstić information content (AvgIpc) is 2.79. The molecule has 21 heavy (non-hydrogen) atoms. The molecule has 1 aromatic rings. The second-order valence-electron chi connectivity index (χ2n) is 7.00. The van der Waals surface area contributed by atoms with E-state index in [2.05, 4.69) is 47.5 Å². The van der Waals surface area contributed by atoms with Crippen molar-refractivity contribution in [2.24, 2.45) is 0 Å². The molecule has 1 saturated heterocycles. The topological polar surface area (TPSA) is 15.3 Å². The molecule has 1 aliphatic heterocycles. The Morgan fingerprint density at radius 1 is 1.05 bits per heavy atom. The highest BCUT2D eigenvalue weighted by molar-refractivity contribution is 5.16. The summed E-state index contributed by atoms with van der Waals surface area (Å²) in [5, 5.41) is 3.70. The molecule has 2 unspecified atom stereocenters. The number of rotatable bonds is 3. The summed E-state index contributed by atoms with van der Waals surface area (Å²) < 4.78 is 0. The van der Waals surface area contributed by atoms with Gasteiger partial charge in [0.2, 0.25) is 0 Å². The van der Waals surface area contributed by atoms with Crippen LogP contribution < -0.4 is 5.32 Å². The Kier molecular flexibility index (Phi) is 5.32. The molecule has 1 saturated carbocycles. The Morgan fingerprint density at radius 3 is 2.48 bits per heavy atom. The van der Waals surface area contributed by atoms with Crippen LogP contribution in [0.3, 0.4) is 0 Å². The number of piperazine rings is 1. The smallest absolute Gasteiger partial charge is 0.0264 e. The van der Waals surface area contributed by atoms with E-state index in [1.807, 2.05) is 0 Å². The van der Waals surface area contributed by atoms with Crippen molar-refractivity contribution in [1.29, 1.82) is 0 Å². The maximum absolute atomic E-state index is 3.70. The number of nitrogens with zero attached hydrogens (tertiary/aromatic N) is 1. The number of hydrogen-bond donors (Lipinski definition) is 1. The zero-order valence-corrected chi connectivity index (χ0v) is 13.4. The van der Waals surface area contributed by atoms with Crippen molar-refractivity contribution in [2.75, 3.05) is 13.1 Å². The molecule has 3 rings (SSSR count). The molecule has 0 aromatic heterocycles. The first-order chi connectivity index (χ1) is 10.3.